The van der Waals surface area contributed by atoms with Gasteiger partial charge in [-0.2, -0.15) is 5.10 Å². The zero-order chi connectivity index (χ0) is 16.3. The highest BCUT2D eigenvalue weighted by molar-refractivity contribution is 7.90. The molecule has 0 fully saturated rings. The van der Waals surface area contributed by atoms with Gasteiger partial charge in [-0.25, -0.2) is 8.42 Å². The molecule has 0 aliphatic carbocycles. The molecule has 0 saturated carbocycles. The Bertz CT molecular complexity index is 718. The first-order valence-corrected chi connectivity index (χ1v) is 10.2. The van der Waals surface area contributed by atoms with Crippen molar-refractivity contribution in [2.45, 2.75) is 39.9 Å². The third-order valence-corrected chi connectivity index (χ3v) is 5.51. The molecular weight excluding hydrogens is 318 g/mol. The second-order valence-corrected chi connectivity index (χ2v) is 8.91. The van der Waals surface area contributed by atoms with Gasteiger partial charge in [0.15, 0.2) is 0 Å². The standard InChI is InChI=1S/C15H23N3O2S2/c1-11(16-10-14-6-5-8-21-14)15-12(2)17-18(13(15)3)7-9-22(4,19)20/h5-6,8,11,16H,7,9-10H2,1-4H3/t11-/m0/s1. The van der Waals surface area contributed by atoms with Crippen molar-refractivity contribution in [1.82, 2.24) is 15.1 Å². The van der Waals surface area contributed by atoms with Gasteiger partial charge in [-0.15, -0.1) is 11.3 Å². The van der Waals surface area contributed by atoms with Gasteiger partial charge in [0, 0.05) is 35.0 Å². The highest BCUT2D eigenvalue weighted by Crippen LogP contribution is 2.22. The average molecular weight is 342 g/mol. The first-order chi connectivity index (χ1) is 10.3. The van der Waals surface area contributed by atoms with Crippen LogP contribution in [0.1, 0.15) is 34.8 Å². The molecule has 0 saturated heterocycles. The molecule has 1 atom stereocenters. The summed E-state index contributed by atoms with van der Waals surface area (Å²) in [5.41, 5.74) is 3.15. The highest BCUT2D eigenvalue weighted by Gasteiger charge is 2.18. The van der Waals surface area contributed by atoms with E-state index in [0.29, 0.717) is 6.54 Å². The van der Waals surface area contributed by atoms with E-state index in [9.17, 15) is 8.42 Å². The van der Waals surface area contributed by atoms with Crippen LogP contribution in [0.4, 0.5) is 0 Å². The van der Waals surface area contributed by atoms with Crippen LogP contribution in [-0.2, 0) is 22.9 Å². The van der Waals surface area contributed by atoms with Crippen LogP contribution in [0, 0.1) is 13.8 Å². The fourth-order valence-corrected chi connectivity index (χ4v) is 3.74. The molecular formula is C15H23N3O2S2. The van der Waals surface area contributed by atoms with E-state index in [4.69, 9.17) is 0 Å². The molecule has 22 heavy (non-hydrogen) atoms. The molecule has 2 rings (SSSR count). The highest BCUT2D eigenvalue weighted by atomic mass is 32.2. The Hall–Kier alpha value is -1.18. The Labute approximate surface area is 136 Å². The third kappa shape index (κ3) is 4.41. The maximum atomic E-state index is 11.3. The monoisotopic (exact) mass is 341 g/mol. The molecule has 2 aromatic rings. The van der Waals surface area contributed by atoms with Crippen LogP contribution in [0.2, 0.25) is 0 Å². The van der Waals surface area contributed by atoms with E-state index in [0.717, 1.165) is 23.5 Å². The topological polar surface area (TPSA) is 64.0 Å². The number of aryl methyl sites for hydroxylation is 2. The summed E-state index contributed by atoms with van der Waals surface area (Å²) in [5.74, 6) is 0.116. The third-order valence-electron chi connectivity index (χ3n) is 3.71. The van der Waals surface area contributed by atoms with Crippen LogP contribution in [0.5, 0.6) is 0 Å². The smallest absolute Gasteiger partial charge is 0.149 e. The summed E-state index contributed by atoms with van der Waals surface area (Å²) in [7, 11) is -2.98. The van der Waals surface area contributed by atoms with Gasteiger partial charge in [-0.1, -0.05) is 6.07 Å². The van der Waals surface area contributed by atoms with Gasteiger partial charge in [0.05, 0.1) is 18.0 Å². The summed E-state index contributed by atoms with van der Waals surface area (Å²) in [6, 6.07) is 4.33. The minimum atomic E-state index is -2.98. The van der Waals surface area contributed by atoms with Crippen LogP contribution in [0.25, 0.3) is 0 Å². The summed E-state index contributed by atoms with van der Waals surface area (Å²) < 4.78 is 24.4. The zero-order valence-electron chi connectivity index (χ0n) is 13.5. The van der Waals surface area contributed by atoms with Gasteiger partial charge < -0.3 is 5.32 Å². The molecule has 0 amide bonds. The van der Waals surface area contributed by atoms with E-state index < -0.39 is 9.84 Å². The van der Waals surface area contributed by atoms with Gasteiger partial charge in [-0.3, -0.25) is 4.68 Å². The maximum absolute atomic E-state index is 11.3. The minimum absolute atomic E-state index is 0.116. The fraction of sp³-hybridized carbons (Fsp3) is 0.533. The van der Waals surface area contributed by atoms with Gasteiger partial charge in [0.25, 0.3) is 0 Å². The molecule has 0 spiro atoms. The molecule has 7 heteroatoms. The first kappa shape index (κ1) is 17.2. The number of sulfone groups is 1. The molecule has 0 radical (unpaired) electrons. The molecule has 2 heterocycles. The average Bonchev–Trinajstić information content (AvgIpc) is 3.01. The van der Waals surface area contributed by atoms with Gasteiger partial charge in [0.2, 0.25) is 0 Å². The normalized spacial score (nSPS) is 13.5. The summed E-state index contributed by atoms with van der Waals surface area (Å²) in [6.07, 6.45) is 1.25. The predicted octanol–water partition coefficient (Wildman–Crippen LogP) is 2.46. The Balaban J connectivity index is 2.08. The Morgan fingerprint density at radius 2 is 2.14 bits per heavy atom. The van der Waals surface area contributed by atoms with Crippen molar-refractivity contribution in [2.24, 2.45) is 0 Å². The van der Waals surface area contributed by atoms with E-state index in [-0.39, 0.29) is 11.8 Å². The molecule has 5 nitrogen and oxygen atoms in total. The van der Waals surface area contributed by atoms with Crippen molar-refractivity contribution in [3.8, 4) is 0 Å². The molecule has 0 bridgehead atoms. The first-order valence-electron chi connectivity index (χ1n) is 7.25. The van der Waals surface area contributed by atoms with Crippen LogP contribution in [0.3, 0.4) is 0 Å². The lowest BCUT2D eigenvalue weighted by atomic mass is 10.1. The summed E-state index contributed by atoms with van der Waals surface area (Å²) in [4.78, 5) is 1.30. The molecule has 2 aromatic heterocycles. The molecule has 0 aliphatic heterocycles. The number of rotatable bonds is 7. The summed E-state index contributed by atoms with van der Waals surface area (Å²) >= 11 is 1.73. The molecule has 0 aromatic carbocycles. The number of nitrogens with zero attached hydrogens (tertiary/aromatic N) is 2. The number of aromatic nitrogens is 2. The van der Waals surface area contributed by atoms with Crippen LogP contribution >= 0.6 is 11.3 Å². The van der Waals surface area contributed by atoms with Crippen molar-refractivity contribution < 1.29 is 8.42 Å². The summed E-state index contributed by atoms with van der Waals surface area (Å²) in [6.45, 7) is 7.32. The fourth-order valence-electron chi connectivity index (χ4n) is 2.58. The number of hydrogen-bond donors (Lipinski definition) is 1. The van der Waals surface area contributed by atoms with Crippen molar-refractivity contribution >= 4 is 21.2 Å². The molecule has 122 valence electrons. The number of nitrogens with one attached hydrogen (secondary N) is 1. The van der Waals surface area contributed by atoms with Crippen molar-refractivity contribution in [3.05, 3.63) is 39.3 Å². The number of hydrogen-bond acceptors (Lipinski definition) is 5. The second-order valence-electron chi connectivity index (χ2n) is 5.62. The lowest BCUT2D eigenvalue weighted by Crippen LogP contribution is -2.19. The van der Waals surface area contributed by atoms with E-state index in [1.165, 1.54) is 11.1 Å². The minimum Gasteiger partial charge on any atom is -0.305 e. The van der Waals surface area contributed by atoms with Crippen molar-refractivity contribution in [3.63, 3.8) is 0 Å². The molecule has 0 unspecified atom stereocenters. The number of thiophene rings is 1. The maximum Gasteiger partial charge on any atom is 0.149 e. The van der Waals surface area contributed by atoms with Crippen molar-refractivity contribution in [1.29, 1.82) is 0 Å². The van der Waals surface area contributed by atoms with E-state index in [2.05, 4.69) is 28.8 Å². The lowest BCUT2D eigenvalue weighted by molar-refractivity contribution is 0.567. The van der Waals surface area contributed by atoms with E-state index in [1.54, 1.807) is 16.0 Å². The molecule has 1 N–H and O–H groups in total. The molecule has 0 aliphatic rings. The van der Waals surface area contributed by atoms with Gasteiger partial charge in [0.1, 0.15) is 9.84 Å². The van der Waals surface area contributed by atoms with Crippen LogP contribution in [-0.4, -0.2) is 30.2 Å². The predicted molar refractivity (Wildman–Crippen MR) is 91.0 cm³/mol. The van der Waals surface area contributed by atoms with E-state index >= 15 is 0 Å². The Morgan fingerprint density at radius 1 is 1.41 bits per heavy atom. The Kier molecular flexibility index (Phi) is 5.41. The van der Waals surface area contributed by atoms with Gasteiger partial charge >= 0.3 is 0 Å². The van der Waals surface area contributed by atoms with Crippen LogP contribution in [0.15, 0.2) is 17.5 Å². The summed E-state index contributed by atoms with van der Waals surface area (Å²) in [5, 5.41) is 10.1. The lowest BCUT2D eigenvalue weighted by Gasteiger charge is -2.14. The second kappa shape index (κ2) is 6.93. The quantitative estimate of drug-likeness (QED) is 0.840. The largest absolute Gasteiger partial charge is 0.305 e. The zero-order valence-corrected chi connectivity index (χ0v) is 15.1. The van der Waals surface area contributed by atoms with Gasteiger partial charge in [-0.05, 0) is 32.2 Å². The van der Waals surface area contributed by atoms with Crippen LogP contribution < -0.4 is 5.32 Å². The Morgan fingerprint density at radius 3 is 2.73 bits per heavy atom. The van der Waals surface area contributed by atoms with Crippen molar-refractivity contribution in [2.75, 3.05) is 12.0 Å². The van der Waals surface area contributed by atoms with E-state index in [1.807, 2.05) is 19.9 Å². The SMILES string of the molecule is Cc1nn(CCS(C)(=O)=O)c(C)c1[C@H](C)NCc1cccs1.